The minimum absolute atomic E-state index is 0.754. The molecule has 78 valence electrons. The van der Waals surface area contributed by atoms with E-state index < -0.39 is 0 Å². The molecule has 13 heavy (non-hydrogen) atoms. The Morgan fingerprint density at radius 2 is 2.08 bits per heavy atom. The molecule has 0 aromatic rings. The molecule has 0 aromatic heterocycles. The van der Waals surface area contributed by atoms with E-state index in [9.17, 15) is 0 Å². The lowest BCUT2D eigenvalue weighted by molar-refractivity contribution is 0.383. The van der Waals surface area contributed by atoms with E-state index in [-0.39, 0.29) is 0 Å². The second-order valence-electron chi connectivity index (χ2n) is 4.13. The average Bonchev–Trinajstić information content (AvgIpc) is 2.65. The molecule has 0 saturated heterocycles. The van der Waals surface area contributed by atoms with Gasteiger partial charge in [-0.05, 0) is 50.7 Å². The standard InChI is InChI=1S/C11H23NS/c1-10(11-6-3-4-7-11)12-8-5-9-13-2/h10-12H,3-9H2,1-2H3/t10-/m0/s1. The summed E-state index contributed by atoms with van der Waals surface area (Å²) in [5, 5.41) is 3.65. The number of hydrogen-bond donors (Lipinski definition) is 1. The Morgan fingerprint density at radius 3 is 2.69 bits per heavy atom. The maximum Gasteiger partial charge on any atom is 0.00670 e. The van der Waals surface area contributed by atoms with Gasteiger partial charge >= 0.3 is 0 Å². The molecule has 0 amide bonds. The molecular weight excluding hydrogens is 178 g/mol. The van der Waals surface area contributed by atoms with E-state index in [1.54, 1.807) is 0 Å². The van der Waals surface area contributed by atoms with Crippen molar-refractivity contribution in [2.24, 2.45) is 5.92 Å². The molecule has 1 atom stereocenters. The fraction of sp³-hybridized carbons (Fsp3) is 1.00. The Labute approximate surface area is 87.1 Å². The first-order chi connectivity index (χ1) is 6.34. The van der Waals surface area contributed by atoms with Crippen LogP contribution >= 0.6 is 11.8 Å². The van der Waals surface area contributed by atoms with Gasteiger partial charge in [0.25, 0.3) is 0 Å². The van der Waals surface area contributed by atoms with E-state index >= 15 is 0 Å². The van der Waals surface area contributed by atoms with Crippen LogP contribution in [0.4, 0.5) is 0 Å². The van der Waals surface area contributed by atoms with E-state index in [1.807, 2.05) is 11.8 Å². The van der Waals surface area contributed by atoms with E-state index in [0.29, 0.717) is 0 Å². The zero-order valence-corrected chi connectivity index (χ0v) is 9.83. The van der Waals surface area contributed by atoms with Crippen molar-refractivity contribution in [1.82, 2.24) is 5.32 Å². The molecule has 0 radical (unpaired) electrons. The maximum absolute atomic E-state index is 3.65. The van der Waals surface area contributed by atoms with Crippen LogP contribution in [0.5, 0.6) is 0 Å². The van der Waals surface area contributed by atoms with Gasteiger partial charge in [0, 0.05) is 6.04 Å². The molecular formula is C11H23NS. The van der Waals surface area contributed by atoms with Crippen LogP contribution in [0.15, 0.2) is 0 Å². The molecule has 0 heterocycles. The van der Waals surface area contributed by atoms with Gasteiger partial charge in [-0.3, -0.25) is 0 Å². The Balaban J connectivity index is 1.99. The van der Waals surface area contributed by atoms with Gasteiger partial charge in [-0.2, -0.15) is 11.8 Å². The first-order valence-corrected chi connectivity index (χ1v) is 6.96. The largest absolute Gasteiger partial charge is 0.314 e. The molecule has 0 spiro atoms. The van der Waals surface area contributed by atoms with Crippen molar-refractivity contribution in [2.75, 3.05) is 18.6 Å². The lowest BCUT2D eigenvalue weighted by Crippen LogP contribution is -2.33. The number of nitrogens with one attached hydrogen (secondary N) is 1. The van der Waals surface area contributed by atoms with Gasteiger partial charge < -0.3 is 5.32 Å². The van der Waals surface area contributed by atoms with Crippen molar-refractivity contribution in [2.45, 2.75) is 45.1 Å². The molecule has 1 aliphatic carbocycles. The zero-order chi connectivity index (χ0) is 9.52. The topological polar surface area (TPSA) is 12.0 Å². The van der Waals surface area contributed by atoms with Crippen molar-refractivity contribution in [3.8, 4) is 0 Å². The van der Waals surface area contributed by atoms with Crippen LogP contribution in [0, 0.1) is 5.92 Å². The minimum Gasteiger partial charge on any atom is -0.314 e. The Morgan fingerprint density at radius 1 is 1.38 bits per heavy atom. The monoisotopic (exact) mass is 201 g/mol. The molecule has 1 rings (SSSR count). The van der Waals surface area contributed by atoms with Crippen molar-refractivity contribution >= 4 is 11.8 Å². The molecule has 2 heteroatoms. The highest BCUT2D eigenvalue weighted by Gasteiger charge is 2.20. The third-order valence-electron chi connectivity index (χ3n) is 3.10. The normalized spacial score (nSPS) is 20.8. The number of thioether (sulfide) groups is 1. The minimum atomic E-state index is 0.754. The number of hydrogen-bond acceptors (Lipinski definition) is 2. The predicted molar refractivity (Wildman–Crippen MR) is 62.4 cm³/mol. The van der Waals surface area contributed by atoms with Crippen LogP contribution < -0.4 is 5.32 Å². The first kappa shape index (κ1) is 11.4. The van der Waals surface area contributed by atoms with Gasteiger partial charge in [-0.1, -0.05) is 12.8 Å². The Hall–Kier alpha value is 0.310. The van der Waals surface area contributed by atoms with E-state index in [2.05, 4.69) is 18.5 Å². The van der Waals surface area contributed by atoms with Crippen molar-refractivity contribution in [3.63, 3.8) is 0 Å². The summed E-state index contributed by atoms with van der Waals surface area (Å²) in [6.07, 6.45) is 9.33. The summed E-state index contributed by atoms with van der Waals surface area (Å²) in [5.41, 5.74) is 0. The summed E-state index contributed by atoms with van der Waals surface area (Å²) in [5.74, 6) is 2.26. The second-order valence-corrected chi connectivity index (χ2v) is 5.12. The van der Waals surface area contributed by atoms with Crippen LogP contribution in [-0.4, -0.2) is 24.6 Å². The summed E-state index contributed by atoms with van der Waals surface area (Å²) in [6, 6.07) is 0.754. The summed E-state index contributed by atoms with van der Waals surface area (Å²) in [6.45, 7) is 3.56. The van der Waals surface area contributed by atoms with Crippen LogP contribution in [0.25, 0.3) is 0 Å². The number of rotatable bonds is 6. The quantitative estimate of drug-likeness (QED) is 0.663. The van der Waals surface area contributed by atoms with Gasteiger partial charge in [0.1, 0.15) is 0 Å². The lowest BCUT2D eigenvalue weighted by atomic mass is 10.00. The second kappa shape index (κ2) is 6.72. The third-order valence-corrected chi connectivity index (χ3v) is 3.80. The summed E-state index contributed by atoms with van der Waals surface area (Å²) < 4.78 is 0. The molecule has 1 saturated carbocycles. The van der Waals surface area contributed by atoms with Crippen LogP contribution in [-0.2, 0) is 0 Å². The molecule has 1 N–H and O–H groups in total. The van der Waals surface area contributed by atoms with Crippen LogP contribution in [0.1, 0.15) is 39.0 Å². The third kappa shape index (κ3) is 4.37. The van der Waals surface area contributed by atoms with E-state index in [0.717, 1.165) is 12.0 Å². The summed E-state index contributed by atoms with van der Waals surface area (Å²) >= 11 is 1.95. The molecule has 0 bridgehead atoms. The molecule has 1 fully saturated rings. The predicted octanol–water partition coefficient (Wildman–Crippen LogP) is 2.91. The van der Waals surface area contributed by atoms with Gasteiger partial charge in [0.15, 0.2) is 0 Å². The highest BCUT2D eigenvalue weighted by atomic mass is 32.2. The van der Waals surface area contributed by atoms with Gasteiger partial charge in [-0.15, -0.1) is 0 Å². The molecule has 0 aromatic carbocycles. The maximum atomic E-state index is 3.65. The van der Waals surface area contributed by atoms with Crippen LogP contribution in [0.2, 0.25) is 0 Å². The molecule has 1 nitrogen and oxygen atoms in total. The first-order valence-electron chi connectivity index (χ1n) is 5.57. The highest BCUT2D eigenvalue weighted by molar-refractivity contribution is 7.98. The smallest absolute Gasteiger partial charge is 0.00670 e. The fourth-order valence-corrected chi connectivity index (χ4v) is 2.60. The SMILES string of the molecule is CSCCCN[C@@H](C)C1CCCC1. The van der Waals surface area contributed by atoms with Crippen molar-refractivity contribution < 1.29 is 0 Å². The van der Waals surface area contributed by atoms with Crippen LogP contribution in [0.3, 0.4) is 0 Å². The van der Waals surface area contributed by atoms with E-state index in [1.165, 1.54) is 44.4 Å². The van der Waals surface area contributed by atoms with Gasteiger partial charge in [0.05, 0.1) is 0 Å². The van der Waals surface area contributed by atoms with Crippen molar-refractivity contribution in [3.05, 3.63) is 0 Å². The molecule has 1 aliphatic rings. The average molecular weight is 201 g/mol. The molecule has 0 unspecified atom stereocenters. The van der Waals surface area contributed by atoms with Gasteiger partial charge in [-0.25, -0.2) is 0 Å². The highest BCUT2D eigenvalue weighted by Crippen LogP contribution is 2.27. The Kier molecular flexibility index (Phi) is 5.88. The molecule has 0 aliphatic heterocycles. The lowest BCUT2D eigenvalue weighted by Gasteiger charge is -2.20. The van der Waals surface area contributed by atoms with Gasteiger partial charge in [0.2, 0.25) is 0 Å². The Bertz CT molecular complexity index is 121. The zero-order valence-electron chi connectivity index (χ0n) is 9.01. The van der Waals surface area contributed by atoms with E-state index in [4.69, 9.17) is 0 Å². The summed E-state index contributed by atoms with van der Waals surface area (Å²) in [7, 11) is 0. The fourth-order valence-electron chi connectivity index (χ4n) is 2.17. The summed E-state index contributed by atoms with van der Waals surface area (Å²) in [4.78, 5) is 0. The van der Waals surface area contributed by atoms with Crippen molar-refractivity contribution in [1.29, 1.82) is 0 Å².